The van der Waals surface area contributed by atoms with Crippen molar-refractivity contribution in [3.05, 3.63) is 29.8 Å². The van der Waals surface area contributed by atoms with Gasteiger partial charge in [-0.25, -0.2) is 0 Å². The number of rotatable bonds is 5. The van der Waals surface area contributed by atoms with Gasteiger partial charge in [0, 0.05) is 13.6 Å². The molecule has 0 aliphatic carbocycles. The summed E-state index contributed by atoms with van der Waals surface area (Å²) in [6.07, 6.45) is 2.02. The highest BCUT2D eigenvalue weighted by Crippen LogP contribution is 2.37. The minimum absolute atomic E-state index is 0.620. The molecule has 2 rings (SSSR count). The van der Waals surface area contributed by atoms with E-state index in [0.717, 1.165) is 22.2 Å². The van der Waals surface area contributed by atoms with Gasteiger partial charge in [-0.2, -0.15) is 4.37 Å². The van der Waals surface area contributed by atoms with Crippen molar-refractivity contribution in [2.24, 2.45) is 0 Å². The lowest BCUT2D eigenvalue weighted by Crippen LogP contribution is -2.15. The Morgan fingerprint density at radius 3 is 2.63 bits per heavy atom. The molecule has 0 saturated heterocycles. The first-order valence-electron chi connectivity index (χ1n) is 5.79. The van der Waals surface area contributed by atoms with Crippen LogP contribution in [0.4, 0.5) is 10.8 Å². The Labute approximate surface area is 121 Å². The van der Waals surface area contributed by atoms with Gasteiger partial charge in [0.1, 0.15) is 10.8 Å². The number of methoxy groups -OCH3 is 1. The summed E-state index contributed by atoms with van der Waals surface area (Å²) >= 11 is 3.08. The van der Waals surface area contributed by atoms with Crippen LogP contribution in [0, 0.1) is 0 Å². The van der Waals surface area contributed by atoms with Gasteiger partial charge in [0.2, 0.25) is 0 Å². The second-order valence-electron chi connectivity index (χ2n) is 4.11. The lowest BCUT2D eigenvalue weighted by Gasteiger charge is -2.18. The molecule has 6 heteroatoms. The highest BCUT2D eigenvalue weighted by molar-refractivity contribution is 7.99. The number of nitrogens with two attached hydrogens (primary N) is 1. The Hall–Kier alpha value is -1.40. The topological polar surface area (TPSA) is 51.4 Å². The van der Waals surface area contributed by atoms with E-state index in [-0.39, 0.29) is 0 Å². The highest BCUT2D eigenvalue weighted by Gasteiger charge is 2.14. The minimum Gasteiger partial charge on any atom is -0.497 e. The van der Waals surface area contributed by atoms with Crippen LogP contribution in [-0.2, 0) is 6.54 Å². The fourth-order valence-corrected chi connectivity index (χ4v) is 3.47. The second kappa shape index (κ2) is 6.16. The van der Waals surface area contributed by atoms with Crippen LogP contribution in [-0.4, -0.2) is 24.8 Å². The molecule has 1 aromatic heterocycles. The van der Waals surface area contributed by atoms with Crippen molar-refractivity contribution in [2.45, 2.75) is 11.4 Å². The van der Waals surface area contributed by atoms with Gasteiger partial charge in [0.15, 0.2) is 5.82 Å². The molecule has 102 valence electrons. The van der Waals surface area contributed by atoms with Crippen molar-refractivity contribution >= 4 is 34.1 Å². The number of hydrogen-bond acceptors (Lipinski definition) is 6. The Morgan fingerprint density at radius 2 is 2.05 bits per heavy atom. The molecule has 0 bridgehead atoms. The van der Waals surface area contributed by atoms with Crippen molar-refractivity contribution in [1.82, 2.24) is 4.37 Å². The van der Waals surface area contributed by atoms with E-state index in [4.69, 9.17) is 10.5 Å². The smallest absolute Gasteiger partial charge is 0.153 e. The molecule has 1 heterocycles. The lowest BCUT2D eigenvalue weighted by molar-refractivity contribution is 0.414. The number of hydrogen-bond donors (Lipinski definition) is 1. The van der Waals surface area contributed by atoms with Gasteiger partial charge >= 0.3 is 0 Å². The molecule has 0 saturated carbocycles. The molecule has 0 aliphatic heterocycles. The zero-order valence-corrected chi connectivity index (χ0v) is 12.8. The molecule has 2 N–H and O–H groups in total. The normalized spacial score (nSPS) is 10.5. The van der Waals surface area contributed by atoms with E-state index in [1.807, 2.05) is 18.4 Å². The van der Waals surface area contributed by atoms with E-state index in [1.165, 1.54) is 17.1 Å². The van der Waals surface area contributed by atoms with Crippen LogP contribution in [0.1, 0.15) is 5.56 Å². The summed E-state index contributed by atoms with van der Waals surface area (Å²) in [6.45, 7) is 0.819. The predicted molar refractivity (Wildman–Crippen MR) is 83.4 cm³/mol. The van der Waals surface area contributed by atoms with Gasteiger partial charge in [-0.05, 0) is 35.5 Å². The number of anilines is 2. The summed E-state index contributed by atoms with van der Waals surface area (Å²) in [5.74, 6) is 1.49. The third-order valence-electron chi connectivity index (χ3n) is 2.79. The summed E-state index contributed by atoms with van der Waals surface area (Å²) in [7, 11) is 3.73. The van der Waals surface area contributed by atoms with E-state index in [0.29, 0.717) is 5.82 Å². The van der Waals surface area contributed by atoms with Crippen LogP contribution in [0.3, 0.4) is 0 Å². The standard InChI is InChI=1S/C13H17N3OS2/c1-16(13-11(18-3)12(14)15-19-13)8-9-4-6-10(17-2)7-5-9/h4-7H,8H2,1-3H3,(H2,14,15). The van der Waals surface area contributed by atoms with Crippen LogP contribution in [0.2, 0.25) is 0 Å². The fourth-order valence-electron chi connectivity index (χ4n) is 1.80. The first-order valence-corrected chi connectivity index (χ1v) is 7.78. The van der Waals surface area contributed by atoms with Crippen LogP contribution in [0.5, 0.6) is 5.75 Å². The molecule has 0 spiro atoms. The quantitative estimate of drug-likeness (QED) is 0.859. The summed E-state index contributed by atoms with van der Waals surface area (Å²) < 4.78 is 9.37. The monoisotopic (exact) mass is 295 g/mol. The molecular formula is C13H17N3OS2. The van der Waals surface area contributed by atoms with Crippen molar-refractivity contribution < 1.29 is 4.74 Å². The number of benzene rings is 1. The number of nitrogens with zero attached hydrogens (tertiary/aromatic N) is 2. The molecule has 0 fully saturated rings. The molecule has 0 amide bonds. The van der Waals surface area contributed by atoms with Gasteiger partial charge in [0.05, 0.1) is 12.0 Å². The van der Waals surface area contributed by atoms with Crippen molar-refractivity contribution in [1.29, 1.82) is 0 Å². The molecule has 0 radical (unpaired) electrons. The Balaban J connectivity index is 2.13. The van der Waals surface area contributed by atoms with E-state index in [2.05, 4.69) is 28.5 Å². The van der Waals surface area contributed by atoms with Crippen LogP contribution in [0.15, 0.2) is 29.2 Å². The Kier molecular flexibility index (Phi) is 4.55. The lowest BCUT2D eigenvalue weighted by atomic mass is 10.2. The maximum atomic E-state index is 5.86. The number of nitrogen functional groups attached to an aromatic ring is 1. The zero-order valence-electron chi connectivity index (χ0n) is 11.2. The zero-order chi connectivity index (χ0) is 13.8. The molecule has 19 heavy (non-hydrogen) atoms. The molecule has 0 atom stereocenters. The third-order valence-corrected chi connectivity index (χ3v) is 4.70. The van der Waals surface area contributed by atoms with E-state index in [1.54, 1.807) is 18.9 Å². The van der Waals surface area contributed by atoms with E-state index >= 15 is 0 Å². The summed E-state index contributed by atoms with van der Waals surface area (Å²) in [5, 5.41) is 1.11. The maximum Gasteiger partial charge on any atom is 0.153 e. The fraction of sp³-hybridized carbons (Fsp3) is 0.308. The first kappa shape index (κ1) is 14.0. The molecule has 4 nitrogen and oxygen atoms in total. The summed E-state index contributed by atoms with van der Waals surface area (Å²) in [4.78, 5) is 3.22. The van der Waals surface area contributed by atoms with Crippen molar-refractivity contribution in [2.75, 3.05) is 31.0 Å². The average Bonchev–Trinajstić information content (AvgIpc) is 2.80. The number of thioether (sulfide) groups is 1. The highest BCUT2D eigenvalue weighted by atomic mass is 32.2. The van der Waals surface area contributed by atoms with Gasteiger partial charge < -0.3 is 15.4 Å². The average molecular weight is 295 g/mol. The predicted octanol–water partition coefficient (Wildman–Crippen LogP) is 3.09. The summed E-state index contributed by atoms with van der Waals surface area (Å²) in [6, 6.07) is 8.08. The first-order chi connectivity index (χ1) is 9.15. The maximum absolute atomic E-state index is 5.86. The minimum atomic E-state index is 0.620. The van der Waals surface area contributed by atoms with Gasteiger partial charge in [-0.15, -0.1) is 11.8 Å². The third kappa shape index (κ3) is 3.13. The molecule has 2 aromatic rings. The largest absolute Gasteiger partial charge is 0.497 e. The van der Waals surface area contributed by atoms with Crippen LogP contribution in [0.25, 0.3) is 0 Å². The molecule has 0 aliphatic rings. The Morgan fingerprint density at radius 1 is 1.37 bits per heavy atom. The van der Waals surface area contributed by atoms with Crippen molar-refractivity contribution in [3.63, 3.8) is 0 Å². The van der Waals surface area contributed by atoms with Gasteiger partial charge in [-0.1, -0.05) is 12.1 Å². The Bertz CT molecular complexity index is 539. The SMILES string of the molecule is COc1ccc(CN(C)c2snc(N)c2SC)cc1. The van der Waals surface area contributed by atoms with E-state index in [9.17, 15) is 0 Å². The van der Waals surface area contributed by atoms with E-state index < -0.39 is 0 Å². The second-order valence-corrected chi connectivity index (χ2v) is 5.68. The van der Waals surface area contributed by atoms with Gasteiger partial charge in [0.25, 0.3) is 0 Å². The van der Waals surface area contributed by atoms with Crippen molar-refractivity contribution in [3.8, 4) is 5.75 Å². The molecule has 0 unspecified atom stereocenters. The number of ether oxygens (including phenoxy) is 1. The van der Waals surface area contributed by atoms with Crippen LogP contribution >= 0.6 is 23.3 Å². The number of aromatic nitrogens is 1. The van der Waals surface area contributed by atoms with Crippen LogP contribution < -0.4 is 15.4 Å². The molecule has 1 aromatic carbocycles. The summed E-state index contributed by atoms with van der Waals surface area (Å²) in [5.41, 5.74) is 7.08. The van der Waals surface area contributed by atoms with Gasteiger partial charge in [-0.3, -0.25) is 0 Å². The molecular weight excluding hydrogens is 278 g/mol.